The van der Waals surface area contributed by atoms with E-state index in [9.17, 15) is 9.59 Å². The third kappa shape index (κ3) is 4.51. The van der Waals surface area contributed by atoms with E-state index in [1.807, 2.05) is 20.8 Å². The number of H-pyrrole nitrogens is 1. The number of benzene rings is 2. The minimum atomic E-state index is -0.627. The summed E-state index contributed by atoms with van der Waals surface area (Å²) < 4.78 is 12.3. The van der Waals surface area contributed by atoms with Crippen molar-refractivity contribution in [1.82, 2.24) is 9.66 Å². The van der Waals surface area contributed by atoms with Crippen LogP contribution in [0, 0.1) is 0 Å². The van der Waals surface area contributed by atoms with Gasteiger partial charge in [0.15, 0.2) is 11.5 Å². The van der Waals surface area contributed by atoms with Gasteiger partial charge in [-0.3, -0.25) is 4.79 Å². The zero-order valence-corrected chi connectivity index (χ0v) is 17.2. The Morgan fingerprint density at radius 2 is 2.00 bits per heavy atom. The predicted molar refractivity (Wildman–Crippen MR) is 115 cm³/mol. The number of hydrogen-bond acceptors (Lipinski definition) is 5. The first-order valence-electron chi connectivity index (χ1n) is 9.36. The van der Waals surface area contributed by atoms with Gasteiger partial charge in [0.1, 0.15) is 0 Å². The maximum Gasteiger partial charge on any atom is 0.349 e. The molecular weight excluding hydrogens is 394 g/mol. The molecule has 0 fully saturated rings. The van der Waals surface area contributed by atoms with Crippen LogP contribution in [0.1, 0.15) is 32.8 Å². The zero-order chi connectivity index (χ0) is 21.0. The van der Waals surface area contributed by atoms with Crippen LogP contribution in [-0.4, -0.2) is 28.6 Å². The number of fused-ring (bicyclic) bond motifs is 1. The minimum absolute atomic E-state index is 0.0269. The van der Waals surface area contributed by atoms with E-state index in [1.54, 1.807) is 36.4 Å². The van der Waals surface area contributed by atoms with Crippen LogP contribution >= 0.6 is 11.6 Å². The summed E-state index contributed by atoms with van der Waals surface area (Å²) in [5.74, 6) is 0.933. The second kappa shape index (κ2) is 8.96. The highest BCUT2D eigenvalue weighted by atomic mass is 35.5. The molecule has 0 aliphatic heterocycles. The molecule has 29 heavy (non-hydrogen) atoms. The maximum absolute atomic E-state index is 12.6. The largest absolute Gasteiger partial charge is 0.490 e. The monoisotopic (exact) mass is 415 g/mol. The van der Waals surface area contributed by atoms with E-state index in [4.69, 9.17) is 21.1 Å². The molecule has 7 nitrogen and oxygen atoms in total. The lowest BCUT2D eigenvalue weighted by Crippen LogP contribution is -2.32. The molecule has 0 saturated carbocycles. The van der Waals surface area contributed by atoms with Crippen LogP contribution in [0.5, 0.6) is 11.5 Å². The first kappa shape index (κ1) is 20.7. The van der Waals surface area contributed by atoms with Gasteiger partial charge in [0.05, 0.1) is 34.9 Å². The molecule has 1 aromatic heterocycles. The normalized spacial score (nSPS) is 12.4. The molecule has 0 unspecified atom stereocenters. The average Bonchev–Trinajstić information content (AvgIpc) is 2.70. The highest BCUT2D eigenvalue weighted by Gasteiger charge is 2.15. The Balaban J connectivity index is 2.02. The van der Waals surface area contributed by atoms with Gasteiger partial charge >= 0.3 is 5.69 Å². The van der Waals surface area contributed by atoms with Gasteiger partial charge in [0, 0.05) is 0 Å². The summed E-state index contributed by atoms with van der Waals surface area (Å²) in [6.45, 7) is 6.24. The molecule has 0 radical (unpaired) electrons. The van der Waals surface area contributed by atoms with Gasteiger partial charge in [-0.2, -0.15) is 5.10 Å². The molecule has 0 amide bonds. The number of aromatic amines is 1. The average molecular weight is 416 g/mol. The van der Waals surface area contributed by atoms with Crippen LogP contribution in [0.2, 0.25) is 5.02 Å². The third-order valence-corrected chi connectivity index (χ3v) is 4.61. The Labute approximate surface area is 172 Å². The number of hydrogen-bond donors (Lipinski definition) is 1. The first-order valence-corrected chi connectivity index (χ1v) is 9.73. The summed E-state index contributed by atoms with van der Waals surface area (Å²) >= 11 is 6.39. The number of nitrogens with zero attached hydrogens (tertiary/aromatic N) is 2. The fourth-order valence-corrected chi connectivity index (χ4v) is 2.97. The van der Waals surface area contributed by atoms with Crippen molar-refractivity contribution in [3.63, 3.8) is 0 Å². The van der Waals surface area contributed by atoms with Crippen LogP contribution in [0.4, 0.5) is 0 Å². The highest BCUT2D eigenvalue weighted by Crippen LogP contribution is 2.37. The molecule has 3 rings (SSSR count). The van der Waals surface area contributed by atoms with Crippen LogP contribution < -0.4 is 20.7 Å². The van der Waals surface area contributed by atoms with Crippen molar-refractivity contribution >= 4 is 28.7 Å². The van der Waals surface area contributed by atoms with E-state index in [0.717, 1.165) is 11.1 Å². The zero-order valence-electron chi connectivity index (χ0n) is 16.4. The van der Waals surface area contributed by atoms with Crippen molar-refractivity contribution in [2.24, 2.45) is 5.10 Å². The highest BCUT2D eigenvalue weighted by molar-refractivity contribution is 6.32. The van der Waals surface area contributed by atoms with Crippen molar-refractivity contribution in [2.45, 2.75) is 33.3 Å². The van der Waals surface area contributed by atoms with E-state index in [-0.39, 0.29) is 6.10 Å². The van der Waals surface area contributed by atoms with Crippen molar-refractivity contribution in [3.8, 4) is 11.5 Å². The lowest BCUT2D eigenvalue weighted by atomic mass is 10.2. The summed E-state index contributed by atoms with van der Waals surface area (Å²) in [5, 5.41) is 4.78. The number of nitrogens with one attached hydrogen (secondary N) is 1. The molecule has 1 heterocycles. The van der Waals surface area contributed by atoms with Gasteiger partial charge in [-0.05, 0) is 50.1 Å². The number of halogens is 1. The Morgan fingerprint density at radius 1 is 1.24 bits per heavy atom. The van der Waals surface area contributed by atoms with E-state index >= 15 is 0 Å². The Kier molecular flexibility index (Phi) is 6.39. The summed E-state index contributed by atoms with van der Waals surface area (Å²) in [5.41, 5.74) is -0.108. The van der Waals surface area contributed by atoms with E-state index in [1.165, 1.54) is 6.21 Å². The second-order valence-corrected chi connectivity index (χ2v) is 6.84. The van der Waals surface area contributed by atoms with Crippen LogP contribution in [0.25, 0.3) is 10.9 Å². The molecule has 0 spiro atoms. The lowest BCUT2D eigenvalue weighted by Gasteiger charge is -2.18. The molecule has 0 bridgehead atoms. The van der Waals surface area contributed by atoms with Gasteiger partial charge in [-0.25, -0.2) is 4.79 Å². The number of ether oxygens (including phenoxy) is 2. The van der Waals surface area contributed by atoms with Crippen LogP contribution in [0.3, 0.4) is 0 Å². The quantitative estimate of drug-likeness (QED) is 0.594. The molecule has 0 aliphatic rings. The first-order chi connectivity index (χ1) is 13.9. The van der Waals surface area contributed by atoms with Gasteiger partial charge in [-0.15, -0.1) is 4.68 Å². The second-order valence-electron chi connectivity index (χ2n) is 6.44. The summed E-state index contributed by atoms with van der Waals surface area (Å²) in [6, 6.07) is 10.1. The molecule has 0 saturated heterocycles. The van der Waals surface area contributed by atoms with E-state index in [0.29, 0.717) is 39.6 Å². The van der Waals surface area contributed by atoms with E-state index < -0.39 is 11.2 Å². The SMILES string of the molecule is CCOc1cc(C=Nn2c(=O)[nH]c3ccccc3c2=O)cc(Cl)c1O[C@@H](C)CC. The van der Waals surface area contributed by atoms with Crippen molar-refractivity contribution in [1.29, 1.82) is 0 Å². The van der Waals surface area contributed by atoms with Crippen molar-refractivity contribution < 1.29 is 9.47 Å². The van der Waals surface area contributed by atoms with Crippen molar-refractivity contribution in [3.05, 3.63) is 67.8 Å². The fraction of sp³-hybridized carbons (Fsp3) is 0.286. The molecular formula is C21H22ClN3O4. The fourth-order valence-electron chi connectivity index (χ4n) is 2.71. The third-order valence-electron chi connectivity index (χ3n) is 4.33. The van der Waals surface area contributed by atoms with Gasteiger partial charge < -0.3 is 14.5 Å². The molecule has 3 aromatic rings. The van der Waals surface area contributed by atoms with E-state index in [2.05, 4.69) is 10.1 Å². The smallest absolute Gasteiger partial charge is 0.349 e. The molecule has 1 atom stereocenters. The van der Waals surface area contributed by atoms with Crippen LogP contribution in [0.15, 0.2) is 51.1 Å². The molecule has 0 aliphatic carbocycles. The van der Waals surface area contributed by atoms with Crippen LogP contribution in [-0.2, 0) is 0 Å². The number of aromatic nitrogens is 2. The maximum atomic E-state index is 12.6. The Hall–Kier alpha value is -3.06. The van der Waals surface area contributed by atoms with Crippen molar-refractivity contribution in [2.75, 3.05) is 6.61 Å². The lowest BCUT2D eigenvalue weighted by molar-refractivity contribution is 0.203. The summed E-state index contributed by atoms with van der Waals surface area (Å²) in [4.78, 5) is 27.5. The summed E-state index contributed by atoms with van der Waals surface area (Å²) in [7, 11) is 0. The Morgan fingerprint density at radius 3 is 2.72 bits per heavy atom. The minimum Gasteiger partial charge on any atom is -0.490 e. The number of rotatable bonds is 7. The standard InChI is InChI=1S/C21H22ClN3O4/c1-4-13(3)29-19-16(22)10-14(11-18(19)28-5-2)12-23-25-20(26)15-8-6-7-9-17(15)24-21(25)27/h6-13H,4-5H2,1-3H3,(H,24,27)/t13-/m0/s1. The summed E-state index contributed by atoms with van der Waals surface area (Å²) in [6.07, 6.45) is 2.17. The number of para-hydroxylation sites is 1. The molecule has 2 aromatic carbocycles. The molecule has 8 heteroatoms. The van der Waals surface area contributed by atoms with Gasteiger partial charge in [0.25, 0.3) is 5.56 Å². The molecule has 152 valence electrons. The molecule has 1 N–H and O–H groups in total. The Bertz CT molecular complexity index is 1170. The topological polar surface area (TPSA) is 85.7 Å². The predicted octanol–water partition coefficient (Wildman–Crippen LogP) is 3.80. The van der Waals surface area contributed by atoms with Gasteiger partial charge in [-0.1, -0.05) is 30.7 Å². The van der Waals surface area contributed by atoms with Gasteiger partial charge in [0.2, 0.25) is 0 Å².